The number of hydrogen-bond acceptors (Lipinski definition) is 3. The Morgan fingerprint density at radius 2 is 1.22 bits per heavy atom. The highest BCUT2D eigenvalue weighted by atomic mass is 28.4. The summed E-state index contributed by atoms with van der Waals surface area (Å²) in [4.78, 5) is 0. The maximum absolute atomic E-state index is 5.96. The Kier molecular flexibility index (Phi) is 6.07. The molecule has 0 aliphatic carbocycles. The van der Waals surface area contributed by atoms with Gasteiger partial charge < -0.3 is 8.85 Å². The second-order valence-corrected chi connectivity index (χ2v) is 10.5. The zero-order valence-electron chi connectivity index (χ0n) is 14.0. The normalized spacial score (nSPS) is 14.7. The van der Waals surface area contributed by atoms with Crippen molar-refractivity contribution in [2.45, 2.75) is 72.5 Å². The topological polar surface area (TPSA) is 21.7 Å². The minimum atomic E-state index is -2.37. The van der Waals surface area contributed by atoms with Gasteiger partial charge in [-0.15, -0.1) is 0 Å². The van der Waals surface area contributed by atoms with E-state index in [-0.39, 0.29) is 11.1 Å². The maximum atomic E-state index is 5.96. The lowest BCUT2D eigenvalue weighted by Crippen LogP contribution is -2.70. The Morgan fingerprint density at radius 1 is 0.889 bits per heavy atom. The van der Waals surface area contributed by atoms with Crippen molar-refractivity contribution in [1.82, 2.24) is 4.57 Å². The summed E-state index contributed by atoms with van der Waals surface area (Å²) in [5, 5.41) is 0. The Labute approximate surface area is 115 Å². The van der Waals surface area contributed by atoms with Crippen molar-refractivity contribution in [1.29, 1.82) is 0 Å². The van der Waals surface area contributed by atoms with Gasteiger partial charge >= 0.3 is 8.72 Å². The van der Waals surface area contributed by atoms with Crippen LogP contribution in [-0.2, 0) is 8.85 Å². The quantitative estimate of drug-likeness (QED) is 0.713. The molecule has 0 aliphatic heterocycles. The molecule has 0 aromatic heterocycles. The van der Waals surface area contributed by atoms with Gasteiger partial charge in [0.15, 0.2) is 0 Å². The van der Waals surface area contributed by atoms with Crippen LogP contribution in [0.3, 0.4) is 0 Å². The SMILES string of the molecule is CO[Si](CC(C)C)(OC)N(C(C)(C)C)C(C)(C)C. The van der Waals surface area contributed by atoms with Crippen molar-refractivity contribution in [3.63, 3.8) is 0 Å². The molecule has 4 heteroatoms. The highest BCUT2D eigenvalue weighted by Gasteiger charge is 2.53. The van der Waals surface area contributed by atoms with Crippen LogP contribution >= 0.6 is 0 Å². The van der Waals surface area contributed by atoms with E-state index >= 15 is 0 Å². The summed E-state index contributed by atoms with van der Waals surface area (Å²) in [7, 11) is 1.21. The van der Waals surface area contributed by atoms with E-state index in [0.29, 0.717) is 5.92 Å². The smallest absolute Gasteiger partial charge is 0.386 e. The molecule has 0 aromatic carbocycles. The highest BCUT2D eigenvalue weighted by molar-refractivity contribution is 6.64. The van der Waals surface area contributed by atoms with Crippen LogP contribution in [-0.4, -0.2) is 38.6 Å². The summed E-state index contributed by atoms with van der Waals surface area (Å²) >= 11 is 0. The Balaban J connectivity index is 5.64. The van der Waals surface area contributed by atoms with Gasteiger partial charge in [-0.25, -0.2) is 0 Å². The number of nitrogens with zero attached hydrogens (tertiary/aromatic N) is 1. The molecule has 110 valence electrons. The van der Waals surface area contributed by atoms with Crippen molar-refractivity contribution < 1.29 is 8.85 Å². The first-order valence-corrected chi connectivity index (χ1v) is 8.78. The van der Waals surface area contributed by atoms with Crippen LogP contribution < -0.4 is 0 Å². The van der Waals surface area contributed by atoms with Crippen LogP contribution in [0, 0.1) is 5.92 Å². The van der Waals surface area contributed by atoms with Crippen molar-refractivity contribution in [2.24, 2.45) is 5.92 Å². The van der Waals surface area contributed by atoms with E-state index in [1.165, 1.54) is 0 Å². The van der Waals surface area contributed by atoms with Gasteiger partial charge in [0, 0.05) is 31.3 Å². The fraction of sp³-hybridized carbons (Fsp3) is 1.00. The summed E-state index contributed by atoms with van der Waals surface area (Å²) in [6.07, 6.45) is 0. The predicted octanol–water partition coefficient (Wildman–Crippen LogP) is 3.77. The Bertz CT molecular complexity index is 236. The Morgan fingerprint density at radius 3 is 1.39 bits per heavy atom. The second-order valence-electron chi connectivity index (χ2n) is 7.40. The van der Waals surface area contributed by atoms with Crippen molar-refractivity contribution in [3.8, 4) is 0 Å². The van der Waals surface area contributed by atoms with Gasteiger partial charge in [0.25, 0.3) is 0 Å². The number of rotatable bonds is 5. The van der Waals surface area contributed by atoms with Gasteiger partial charge in [-0.3, -0.25) is 4.57 Å². The molecule has 0 rings (SSSR count). The molecule has 0 spiro atoms. The summed E-state index contributed by atoms with van der Waals surface area (Å²) < 4.78 is 14.4. The van der Waals surface area contributed by atoms with E-state index in [0.717, 1.165) is 6.04 Å². The molecule has 0 aromatic rings. The van der Waals surface area contributed by atoms with Crippen LogP contribution in [0.25, 0.3) is 0 Å². The van der Waals surface area contributed by atoms with E-state index in [1.54, 1.807) is 14.2 Å². The van der Waals surface area contributed by atoms with Crippen LogP contribution in [0.4, 0.5) is 0 Å². The van der Waals surface area contributed by atoms with E-state index in [1.807, 2.05) is 0 Å². The summed E-state index contributed by atoms with van der Waals surface area (Å²) in [6.45, 7) is 17.9. The van der Waals surface area contributed by atoms with Gasteiger partial charge in [0.05, 0.1) is 0 Å². The molecule has 0 aliphatic rings. The molecule has 0 saturated carbocycles. The molecule has 3 nitrogen and oxygen atoms in total. The van der Waals surface area contributed by atoms with Crippen LogP contribution in [0.2, 0.25) is 6.04 Å². The van der Waals surface area contributed by atoms with Crippen LogP contribution in [0.5, 0.6) is 0 Å². The fourth-order valence-corrected chi connectivity index (χ4v) is 7.19. The maximum Gasteiger partial charge on any atom is 0.428 e. The van der Waals surface area contributed by atoms with E-state index < -0.39 is 8.72 Å². The molecule has 0 fully saturated rings. The largest absolute Gasteiger partial charge is 0.428 e. The summed E-state index contributed by atoms with van der Waals surface area (Å²) in [5.74, 6) is 0.559. The minimum absolute atomic E-state index is 0.0192. The molecule has 0 radical (unpaired) electrons. The third-order valence-corrected chi connectivity index (χ3v) is 7.62. The van der Waals surface area contributed by atoms with E-state index in [9.17, 15) is 0 Å². The average Bonchev–Trinajstić information content (AvgIpc) is 2.11. The molecule has 0 atom stereocenters. The molecular weight excluding hydrogens is 242 g/mol. The Hall–Kier alpha value is 0.0969. The second kappa shape index (κ2) is 6.03. The van der Waals surface area contributed by atoms with E-state index in [4.69, 9.17) is 8.85 Å². The average molecular weight is 276 g/mol. The lowest BCUT2D eigenvalue weighted by atomic mass is 10.0. The zero-order valence-corrected chi connectivity index (χ0v) is 15.0. The monoisotopic (exact) mass is 275 g/mol. The predicted molar refractivity (Wildman–Crippen MR) is 80.8 cm³/mol. The van der Waals surface area contributed by atoms with E-state index in [2.05, 4.69) is 60.0 Å². The molecular formula is C14H33NO2Si. The first kappa shape index (κ1) is 18.1. The summed E-state index contributed by atoms with van der Waals surface area (Å²) in [6, 6.07) is 0.981. The lowest BCUT2D eigenvalue weighted by Gasteiger charge is -2.53. The van der Waals surface area contributed by atoms with Crippen LogP contribution in [0.1, 0.15) is 55.4 Å². The van der Waals surface area contributed by atoms with Crippen molar-refractivity contribution >= 4 is 8.72 Å². The summed E-state index contributed by atoms with van der Waals surface area (Å²) in [5.41, 5.74) is 0.0385. The third kappa shape index (κ3) is 4.33. The first-order chi connectivity index (χ1) is 7.90. The molecule has 0 saturated heterocycles. The van der Waals surface area contributed by atoms with Gasteiger partial charge in [-0.05, 0) is 47.5 Å². The van der Waals surface area contributed by atoms with Gasteiger partial charge in [0.1, 0.15) is 0 Å². The molecule has 0 N–H and O–H groups in total. The highest BCUT2D eigenvalue weighted by Crippen LogP contribution is 2.35. The van der Waals surface area contributed by atoms with Crippen LogP contribution in [0.15, 0.2) is 0 Å². The van der Waals surface area contributed by atoms with Gasteiger partial charge in [0.2, 0.25) is 0 Å². The molecule has 0 heterocycles. The van der Waals surface area contributed by atoms with Crippen molar-refractivity contribution in [2.75, 3.05) is 14.2 Å². The molecule has 0 bridgehead atoms. The minimum Gasteiger partial charge on any atom is -0.386 e. The zero-order chi connectivity index (χ0) is 14.8. The lowest BCUT2D eigenvalue weighted by molar-refractivity contribution is 0.0419. The molecule has 0 unspecified atom stereocenters. The number of hydrogen-bond donors (Lipinski definition) is 0. The van der Waals surface area contributed by atoms with Gasteiger partial charge in [-0.2, -0.15) is 0 Å². The molecule has 0 amide bonds. The van der Waals surface area contributed by atoms with Crippen molar-refractivity contribution in [3.05, 3.63) is 0 Å². The third-order valence-electron chi connectivity index (χ3n) is 2.99. The van der Waals surface area contributed by atoms with Gasteiger partial charge in [-0.1, -0.05) is 13.8 Å². The first-order valence-electron chi connectivity index (χ1n) is 6.81. The molecule has 18 heavy (non-hydrogen) atoms. The fourth-order valence-electron chi connectivity index (χ4n) is 3.07. The standard InChI is InChI=1S/C14H33NO2Si/c1-12(2)11-18(16-9,17-10)15(13(3,4)5)14(6,7)8/h12H,11H2,1-10H3.